The quantitative estimate of drug-likeness (QED) is 0.538. The van der Waals surface area contributed by atoms with E-state index in [1.807, 2.05) is 18.2 Å². The molecule has 1 aliphatic rings. The molecule has 1 amide bonds. The summed E-state index contributed by atoms with van der Waals surface area (Å²) in [5, 5.41) is 9.42. The highest BCUT2D eigenvalue weighted by Crippen LogP contribution is 2.28. The first-order valence-electron chi connectivity index (χ1n) is 9.00. The van der Waals surface area contributed by atoms with Gasteiger partial charge in [-0.2, -0.15) is 4.98 Å². The molecular formula is C21H20BrN5O. The SMILES string of the molecule is Cc1ccc(C)c(CNc2nc(Nc3ccc4c(c3)CC(=O)N4)ncc2Br)c1. The molecule has 7 heteroatoms. The number of carbonyl (C=O) groups is 1. The molecule has 28 heavy (non-hydrogen) atoms. The number of amides is 1. The highest BCUT2D eigenvalue weighted by molar-refractivity contribution is 9.10. The summed E-state index contributed by atoms with van der Waals surface area (Å²) >= 11 is 3.51. The lowest BCUT2D eigenvalue weighted by Gasteiger charge is -2.12. The third-order valence-electron chi connectivity index (χ3n) is 4.68. The Morgan fingerprint density at radius 3 is 2.89 bits per heavy atom. The Bertz CT molecular complexity index is 1070. The van der Waals surface area contributed by atoms with Crippen molar-refractivity contribution in [1.82, 2.24) is 9.97 Å². The number of nitrogens with one attached hydrogen (secondary N) is 3. The molecule has 0 radical (unpaired) electrons. The van der Waals surface area contributed by atoms with Crippen molar-refractivity contribution in [2.45, 2.75) is 26.8 Å². The number of hydrogen-bond acceptors (Lipinski definition) is 5. The third kappa shape index (κ3) is 3.99. The van der Waals surface area contributed by atoms with Gasteiger partial charge in [-0.1, -0.05) is 23.8 Å². The molecular weight excluding hydrogens is 418 g/mol. The molecule has 3 N–H and O–H groups in total. The van der Waals surface area contributed by atoms with E-state index >= 15 is 0 Å². The fraction of sp³-hybridized carbons (Fsp3) is 0.190. The number of aryl methyl sites for hydroxylation is 2. The van der Waals surface area contributed by atoms with E-state index in [0.29, 0.717) is 18.9 Å². The second-order valence-electron chi connectivity index (χ2n) is 6.90. The number of benzene rings is 2. The lowest BCUT2D eigenvalue weighted by Crippen LogP contribution is -2.06. The second kappa shape index (κ2) is 7.59. The Labute approximate surface area is 171 Å². The van der Waals surface area contributed by atoms with Gasteiger partial charge in [0, 0.05) is 24.1 Å². The van der Waals surface area contributed by atoms with Crippen LogP contribution >= 0.6 is 15.9 Å². The number of nitrogens with zero attached hydrogens (tertiary/aromatic N) is 2. The van der Waals surface area contributed by atoms with Gasteiger partial charge < -0.3 is 16.0 Å². The zero-order valence-corrected chi connectivity index (χ0v) is 17.2. The van der Waals surface area contributed by atoms with E-state index in [9.17, 15) is 4.79 Å². The van der Waals surface area contributed by atoms with Crippen LogP contribution in [-0.4, -0.2) is 15.9 Å². The molecule has 1 aliphatic heterocycles. The normalized spacial score (nSPS) is 12.5. The maximum absolute atomic E-state index is 11.5. The number of aromatic nitrogens is 2. The van der Waals surface area contributed by atoms with E-state index in [1.54, 1.807) is 6.20 Å². The van der Waals surface area contributed by atoms with Gasteiger partial charge in [0.2, 0.25) is 11.9 Å². The van der Waals surface area contributed by atoms with Crippen LogP contribution in [0.5, 0.6) is 0 Å². The molecule has 0 saturated carbocycles. The molecule has 0 unspecified atom stereocenters. The topological polar surface area (TPSA) is 78.9 Å². The minimum absolute atomic E-state index is 0.0185. The molecule has 0 fully saturated rings. The van der Waals surface area contributed by atoms with Gasteiger partial charge in [-0.15, -0.1) is 0 Å². The van der Waals surface area contributed by atoms with Gasteiger partial charge in [0.05, 0.1) is 10.9 Å². The molecule has 0 aliphatic carbocycles. The van der Waals surface area contributed by atoms with Crippen molar-refractivity contribution in [2.75, 3.05) is 16.0 Å². The van der Waals surface area contributed by atoms with E-state index in [1.165, 1.54) is 16.7 Å². The summed E-state index contributed by atoms with van der Waals surface area (Å²) in [5.74, 6) is 1.23. The summed E-state index contributed by atoms with van der Waals surface area (Å²) in [6, 6.07) is 12.2. The van der Waals surface area contributed by atoms with E-state index in [4.69, 9.17) is 0 Å². The predicted molar refractivity (Wildman–Crippen MR) is 115 cm³/mol. The minimum Gasteiger partial charge on any atom is -0.365 e. The maximum atomic E-state index is 11.5. The fourth-order valence-electron chi connectivity index (χ4n) is 3.16. The summed E-state index contributed by atoms with van der Waals surface area (Å²) in [5.41, 5.74) is 6.39. The van der Waals surface area contributed by atoms with Crippen molar-refractivity contribution in [3.8, 4) is 0 Å². The average molecular weight is 438 g/mol. The van der Waals surface area contributed by atoms with Gasteiger partial charge in [0.25, 0.3) is 0 Å². The second-order valence-corrected chi connectivity index (χ2v) is 7.75. The number of fused-ring (bicyclic) bond motifs is 1. The molecule has 0 bridgehead atoms. The average Bonchev–Trinajstić information content (AvgIpc) is 3.04. The lowest BCUT2D eigenvalue weighted by molar-refractivity contribution is -0.115. The summed E-state index contributed by atoms with van der Waals surface area (Å²) in [4.78, 5) is 20.4. The van der Waals surface area contributed by atoms with Crippen molar-refractivity contribution in [2.24, 2.45) is 0 Å². The van der Waals surface area contributed by atoms with Crippen molar-refractivity contribution in [3.63, 3.8) is 0 Å². The predicted octanol–water partition coefficient (Wildman–Crippen LogP) is 4.71. The van der Waals surface area contributed by atoms with Gasteiger partial charge in [0.1, 0.15) is 5.82 Å². The molecule has 142 valence electrons. The van der Waals surface area contributed by atoms with Crippen molar-refractivity contribution in [1.29, 1.82) is 0 Å². The first kappa shape index (κ1) is 18.4. The Morgan fingerprint density at radius 2 is 2.04 bits per heavy atom. The number of rotatable bonds is 5. The fourth-order valence-corrected chi connectivity index (χ4v) is 3.49. The number of hydrogen-bond donors (Lipinski definition) is 3. The highest BCUT2D eigenvalue weighted by Gasteiger charge is 2.17. The smallest absolute Gasteiger partial charge is 0.229 e. The van der Waals surface area contributed by atoms with Crippen LogP contribution in [0.25, 0.3) is 0 Å². The monoisotopic (exact) mass is 437 g/mol. The number of anilines is 4. The van der Waals surface area contributed by atoms with E-state index in [0.717, 1.165) is 27.2 Å². The van der Waals surface area contributed by atoms with Crippen molar-refractivity contribution in [3.05, 3.63) is 69.3 Å². The van der Waals surface area contributed by atoms with Gasteiger partial charge in [-0.25, -0.2) is 4.98 Å². The molecule has 3 aromatic rings. The van der Waals surface area contributed by atoms with Crippen LogP contribution in [0.15, 0.2) is 47.1 Å². The molecule has 1 aromatic heterocycles. The lowest BCUT2D eigenvalue weighted by atomic mass is 10.1. The molecule has 2 heterocycles. The third-order valence-corrected chi connectivity index (χ3v) is 5.26. The maximum Gasteiger partial charge on any atom is 0.229 e. The summed E-state index contributed by atoms with van der Waals surface area (Å²) in [6.07, 6.45) is 2.12. The molecule has 2 aromatic carbocycles. The van der Waals surface area contributed by atoms with E-state index in [2.05, 4.69) is 73.9 Å². The van der Waals surface area contributed by atoms with Crippen LogP contribution in [0.4, 0.5) is 23.1 Å². The standard InChI is InChI=1S/C21H20BrN5O/c1-12-3-4-13(2)15(7-12)10-23-20-17(22)11-24-21(27-20)25-16-5-6-18-14(8-16)9-19(28)26-18/h3-8,11H,9-10H2,1-2H3,(H,26,28)(H2,23,24,25,27). The van der Waals surface area contributed by atoms with Crippen LogP contribution in [0.2, 0.25) is 0 Å². The zero-order valence-electron chi connectivity index (χ0n) is 15.6. The number of halogens is 1. The molecule has 6 nitrogen and oxygen atoms in total. The minimum atomic E-state index is 0.0185. The molecule has 4 rings (SSSR count). The first-order valence-corrected chi connectivity index (χ1v) is 9.79. The van der Waals surface area contributed by atoms with E-state index in [-0.39, 0.29) is 5.91 Å². The van der Waals surface area contributed by atoms with Crippen LogP contribution in [0.1, 0.15) is 22.3 Å². The Morgan fingerprint density at radius 1 is 1.18 bits per heavy atom. The first-order chi connectivity index (χ1) is 13.5. The van der Waals surface area contributed by atoms with Gasteiger partial charge in [-0.3, -0.25) is 4.79 Å². The molecule has 0 atom stereocenters. The van der Waals surface area contributed by atoms with Crippen LogP contribution in [0.3, 0.4) is 0 Å². The van der Waals surface area contributed by atoms with Gasteiger partial charge >= 0.3 is 0 Å². The molecule has 0 saturated heterocycles. The highest BCUT2D eigenvalue weighted by atomic mass is 79.9. The van der Waals surface area contributed by atoms with E-state index < -0.39 is 0 Å². The Hall–Kier alpha value is -2.93. The van der Waals surface area contributed by atoms with Gasteiger partial charge in [-0.05, 0) is 64.7 Å². The van der Waals surface area contributed by atoms with Crippen LogP contribution in [0, 0.1) is 13.8 Å². The largest absolute Gasteiger partial charge is 0.365 e. The summed E-state index contributed by atoms with van der Waals surface area (Å²) < 4.78 is 0.798. The summed E-state index contributed by atoms with van der Waals surface area (Å²) in [7, 11) is 0. The molecule has 0 spiro atoms. The Balaban J connectivity index is 1.50. The van der Waals surface area contributed by atoms with Crippen molar-refractivity contribution >= 4 is 45.0 Å². The zero-order chi connectivity index (χ0) is 19.7. The summed E-state index contributed by atoms with van der Waals surface area (Å²) in [6.45, 7) is 4.87. The van der Waals surface area contributed by atoms with Crippen molar-refractivity contribution < 1.29 is 4.79 Å². The van der Waals surface area contributed by atoms with Gasteiger partial charge in [0.15, 0.2) is 0 Å². The van der Waals surface area contributed by atoms with Crippen LogP contribution in [-0.2, 0) is 17.8 Å². The number of carbonyl (C=O) groups excluding carboxylic acids is 1. The Kier molecular flexibility index (Phi) is 5.00. The van der Waals surface area contributed by atoms with Crippen LogP contribution < -0.4 is 16.0 Å².